The molecule has 0 amide bonds. The van der Waals surface area contributed by atoms with Gasteiger partial charge in [0.15, 0.2) is 0 Å². The van der Waals surface area contributed by atoms with Crippen LogP contribution in [0.4, 0.5) is 0 Å². The molecule has 1 aromatic carbocycles. The number of nitrogens with one attached hydrogen (secondary N) is 1. The molecule has 0 aromatic heterocycles. The smallest absolute Gasteiger partial charge is 0.336 e. The minimum atomic E-state index is -3.70. The van der Waals surface area contributed by atoms with E-state index in [4.69, 9.17) is 5.11 Å². The molecule has 5 nitrogen and oxygen atoms in total. The van der Waals surface area contributed by atoms with Gasteiger partial charge in [-0.15, -0.1) is 0 Å². The van der Waals surface area contributed by atoms with Crippen LogP contribution in [0.25, 0.3) is 0 Å². The molecule has 0 bridgehead atoms. The lowest BCUT2D eigenvalue weighted by atomic mass is 9.87. The first-order valence-electron chi connectivity index (χ1n) is 6.86. The van der Waals surface area contributed by atoms with E-state index in [2.05, 4.69) is 20.7 Å². The van der Waals surface area contributed by atoms with E-state index >= 15 is 0 Å². The lowest BCUT2D eigenvalue weighted by Gasteiger charge is -2.29. The summed E-state index contributed by atoms with van der Waals surface area (Å²) in [5.74, 6) is -0.868. The van der Waals surface area contributed by atoms with Gasteiger partial charge in [0, 0.05) is 10.5 Å². The number of carboxylic acid groups (broad SMARTS) is 1. The van der Waals surface area contributed by atoms with Crippen LogP contribution < -0.4 is 4.72 Å². The molecular weight excluding hydrogens is 358 g/mol. The van der Waals surface area contributed by atoms with E-state index in [0.717, 1.165) is 25.7 Å². The molecule has 0 heterocycles. The van der Waals surface area contributed by atoms with Gasteiger partial charge in [-0.1, -0.05) is 19.8 Å². The molecule has 1 aliphatic carbocycles. The van der Waals surface area contributed by atoms with Gasteiger partial charge >= 0.3 is 5.97 Å². The zero-order valence-corrected chi connectivity index (χ0v) is 14.1. The summed E-state index contributed by atoms with van der Waals surface area (Å²) in [4.78, 5) is 11.1. The van der Waals surface area contributed by atoms with Crippen LogP contribution in [-0.4, -0.2) is 25.5 Å². The molecule has 1 saturated carbocycles. The fraction of sp³-hybridized carbons (Fsp3) is 0.500. The van der Waals surface area contributed by atoms with Gasteiger partial charge in [-0.05, 0) is 52.9 Å². The van der Waals surface area contributed by atoms with Crippen molar-refractivity contribution < 1.29 is 18.3 Å². The van der Waals surface area contributed by atoms with Gasteiger partial charge in [-0.2, -0.15) is 0 Å². The van der Waals surface area contributed by atoms with Gasteiger partial charge in [0.2, 0.25) is 10.0 Å². The Morgan fingerprint density at radius 1 is 1.33 bits per heavy atom. The van der Waals surface area contributed by atoms with E-state index in [9.17, 15) is 13.2 Å². The van der Waals surface area contributed by atoms with Gasteiger partial charge < -0.3 is 5.11 Å². The van der Waals surface area contributed by atoms with Gasteiger partial charge in [0.25, 0.3) is 0 Å². The number of halogens is 1. The fourth-order valence-electron chi connectivity index (χ4n) is 2.59. The van der Waals surface area contributed by atoms with Gasteiger partial charge in [-0.25, -0.2) is 17.9 Å². The standard InChI is InChI=1S/C14H18BrNO4S/c1-9-4-2-3-5-13(9)16-21(19,20)10-6-7-12(15)11(8-10)14(17)18/h6-9,13,16H,2-5H2,1H3,(H,17,18). The van der Waals surface area contributed by atoms with E-state index < -0.39 is 16.0 Å². The maximum absolute atomic E-state index is 12.4. The predicted molar refractivity (Wildman–Crippen MR) is 82.8 cm³/mol. The number of carbonyl (C=O) groups is 1. The molecule has 2 rings (SSSR count). The molecular formula is C14H18BrNO4S. The Morgan fingerprint density at radius 2 is 2.00 bits per heavy atom. The second kappa shape index (κ2) is 6.46. The van der Waals surface area contributed by atoms with Crippen LogP contribution in [0.5, 0.6) is 0 Å². The van der Waals surface area contributed by atoms with Crippen molar-refractivity contribution in [2.45, 2.75) is 43.5 Å². The normalized spacial score (nSPS) is 23.0. The lowest BCUT2D eigenvalue weighted by molar-refractivity contribution is 0.0695. The Labute approximate surface area is 132 Å². The van der Waals surface area contributed by atoms with Gasteiger partial charge in [0.05, 0.1) is 10.5 Å². The molecule has 21 heavy (non-hydrogen) atoms. The van der Waals surface area contributed by atoms with E-state index in [1.54, 1.807) is 0 Å². The summed E-state index contributed by atoms with van der Waals surface area (Å²) < 4.78 is 27.9. The summed E-state index contributed by atoms with van der Waals surface area (Å²) in [5, 5.41) is 9.07. The Morgan fingerprint density at radius 3 is 2.62 bits per heavy atom. The monoisotopic (exact) mass is 375 g/mol. The molecule has 116 valence electrons. The maximum atomic E-state index is 12.4. The van der Waals surface area contributed by atoms with Crippen LogP contribution in [-0.2, 0) is 10.0 Å². The van der Waals surface area contributed by atoms with Crippen LogP contribution in [0, 0.1) is 5.92 Å². The zero-order chi connectivity index (χ0) is 15.6. The number of carboxylic acids is 1. The molecule has 0 aliphatic heterocycles. The number of hydrogen-bond donors (Lipinski definition) is 2. The summed E-state index contributed by atoms with van der Waals surface area (Å²) >= 11 is 3.11. The summed E-state index contributed by atoms with van der Waals surface area (Å²) in [6, 6.07) is 3.96. The van der Waals surface area contributed by atoms with E-state index in [1.165, 1.54) is 18.2 Å². The number of benzene rings is 1. The Balaban J connectivity index is 2.27. The highest BCUT2D eigenvalue weighted by Crippen LogP contribution is 2.26. The Hall–Kier alpha value is -0.920. The topological polar surface area (TPSA) is 83.5 Å². The minimum absolute atomic E-state index is 0.0131. The van der Waals surface area contributed by atoms with Crippen molar-refractivity contribution in [3.05, 3.63) is 28.2 Å². The minimum Gasteiger partial charge on any atom is -0.478 e. The van der Waals surface area contributed by atoms with Crippen LogP contribution >= 0.6 is 15.9 Å². The van der Waals surface area contributed by atoms with Crippen molar-refractivity contribution >= 4 is 31.9 Å². The van der Waals surface area contributed by atoms with Crippen LogP contribution in [0.3, 0.4) is 0 Å². The first-order chi connectivity index (χ1) is 9.81. The molecule has 2 unspecified atom stereocenters. The molecule has 1 fully saturated rings. The summed E-state index contributed by atoms with van der Waals surface area (Å²) in [5.41, 5.74) is -0.0606. The Kier molecular flexibility index (Phi) is 5.06. The van der Waals surface area contributed by atoms with Crippen LogP contribution in [0.15, 0.2) is 27.6 Å². The average Bonchev–Trinajstić information content (AvgIpc) is 2.41. The fourth-order valence-corrected chi connectivity index (χ4v) is 4.42. The first kappa shape index (κ1) is 16.5. The largest absolute Gasteiger partial charge is 0.478 e. The van der Waals surface area contributed by atoms with E-state index in [1.807, 2.05) is 6.92 Å². The predicted octanol–water partition coefficient (Wildman–Crippen LogP) is 3.00. The van der Waals surface area contributed by atoms with Gasteiger partial charge in [-0.3, -0.25) is 0 Å². The third kappa shape index (κ3) is 3.84. The van der Waals surface area contributed by atoms with Crippen LogP contribution in [0.1, 0.15) is 43.0 Å². The van der Waals surface area contributed by atoms with Crippen molar-refractivity contribution in [3.63, 3.8) is 0 Å². The molecule has 2 atom stereocenters. The molecule has 0 spiro atoms. The van der Waals surface area contributed by atoms with E-state index in [-0.39, 0.29) is 16.5 Å². The Bertz CT molecular complexity index is 644. The highest BCUT2D eigenvalue weighted by molar-refractivity contribution is 9.10. The lowest BCUT2D eigenvalue weighted by Crippen LogP contribution is -2.41. The molecule has 1 aliphatic rings. The summed E-state index contributed by atoms with van der Waals surface area (Å²) in [7, 11) is -3.70. The molecule has 7 heteroatoms. The zero-order valence-electron chi connectivity index (χ0n) is 11.7. The highest BCUT2D eigenvalue weighted by atomic mass is 79.9. The van der Waals surface area contributed by atoms with Crippen molar-refractivity contribution in [2.24, 2.45) is 5.92 Å². The van der Waals surface area contributed by atoms with Crippen molar-refractivity contribution in [1.29, 1.82) is 0 Å². The number of hydrogen-bond acceptors (Lipinski definition) is 3. The number of sulfonamides is 1. The van der Waals surface area contributed by atoms with Gasteiger partial charge in [0.1, 0.15) is 0 Å². The molecule has 0 radical (unpaired) electrons. The van der Waals surface area contributed by atoms with Crippen molar-refractivity contribution in [1.82, 2.24) is 4.72 Å². The molecule has 2 N–H and O–H groups in total. The van der Waals surface area contributed by atoms with Crippen LogP contribution in [0.2, 0.25) is 0 Å². The van der Waals surface area contributed by atoms with E-state index in [0.29, 0.717) is 10.4 Å². The third-order valence-corrected chi connectivity index (χ3v) is 6.08. The average molecular weight is 376 g/mol. The second-order valence-electron chi connectivity index (χ2n) is 5.44. The summed E-state index contributed by atoms with van der Waals surface area (Å²) in [6.45, 7) is 2.04. The SMILES string of the molecule is CC1CCCCC1NS(=O)(=O)c1ccc(Br)c(C(=O)O)c1. The molecule has 1 aromatic rings. The highest BCUT2D eigenvalue weighted by Gasteiger charge is 2.27. The first-order valence-corrected chi connectivity index (χ1v) is 9.14. The number of aromatic carboxylic acids is 1. The third-order valence-electron chi connectivity index (χ3n) is 3.90. The quantitative estimate of drug-likeness (QED) is 0.846. The second-order valence-corrected chi connectivity index (χ2v) is 8.00. The summed E-state index contributed by atoms with van der Waals surface area (Å²) in [6.07, 6.45) is 3.97. The van der Waals surface area contributed by atoms with Crippen molar-refractivity contribution in [2.75, 3.05) is 0 Å². The van der Waals surface area contributed by atoms with Crippen molar-refractivity contribution in [3.8, 4) is 0 Å². The molecule has 0 saturated heterocycles. The maximum Gasteiger partial charge on any atom is 0.336 e. The number of rotatable bonds is 4.